The van der Waals surface area contributed by atoms with Crippen molar-refractivity contribution in [2.75, 3.05) is 19.6 Å². The van der Waals surface area contributed by atoms with Gasteiger partial charge in [-0.1, -0.05) is 0 Å². The van der Waals surface area contributed by atoms with Gasteiger partial charge in [0.2, 0.25) is 5.91 Å². The lowest BCUT2D eigenvalue weighted by Gasteiger charge is -2.44. The molecule has 4 rings (SSSR count). The quantitative estimate of drug-likeness (QED) is 0.515. The fourth-order valence-corrected chi connectivity index (χ4v) is 3.05. The molecule has 0 unspecified atom stereocenters. The summed E-state index contributed by atoms with van der Waals surface area (Å²) >= 11 is 0. The smallest absolute Gasteiger partial charge is 0.401 e. The minimum atomic E-state index is -0.607. The molecule has 3 fully saturated rings. The SMILES string of the molecule is O=C(/C=C/c1ccc([N+](=O)[O-])o1)N[C@H]1CN2CCC1CC2. The molecule has 0 saturated carbocycles. The van der Waals surface area contributed by atoms with E-state index in [1.165, 1.54) is 24.3 Å². The maximum absolute atomic E-state index is 11.9. The molecule has 2 bridgehead atoms. The summed E-state index contributed by atoms with van der Waals surface area (Å²) in [6.07, 6.45) is 5.09. The fourth-order valence-electron chi connectivity index (χ4n) is 3.05. The van der Waals surface area contributed by atoms with E-state index in [0.717, 1.165) is 32.5 Å². The summed E-state index contributed by atoms with van der Waals surface area (Å²) in [5.41, 5.74) is 0. The van der Waals surface area contributed by atoms with Crippen LogP contribution in [0.4, 0.5) is 5.88 Å². The average molecular weight is 291 g/mol. The van der Waals surface area contributed by atoms with E-state index >= 15 is 0 Å². The van der Waals surface area contributed by atoms with Gasteiger partial charge in [-0.3, -0.25) is 14.9 Å². The number of amides is 1. The Morgan fingerprint density at radius 2 is 2.19 bits per heavy atom. The molecule has 4 heterocycles. The van der Waals surface area contributed by atoms with E-state index in [2.05, 4.69) is 10.2 Å². The molecule has 3 saturated heterocycles. The summed E-state index contributed by atoms with van der Waals surface area (Å²) < 4.78 is 4.96. The minimum absolute atomic E-state index is 0.187. The molecule has 7 nitrogen and oxygen atoms in total. The molecule has 3 aliphatic heterocycles. The van der Waals surface area contributed by atoms with E-state index in [0.29, 0.717) is 11.7 Å². The number of nitrogens with one attached hydrogen (secondary N) is 1. The number of carbonyl (C=O) groups is 1. The highest BCUT2D eigenvalue weighted by atomic mass is 16.6. The Bertz CT molecular complexity index is 573. The number of nitro groups is 1. The molecule has 0 aromatic carbocycles. The van der Waals surface area contributed by atoms with Gasteiger partial charge in [-0.25, -0.2) is 0 Å². The average Bonchev–Trinajstić information content (AvgIpc) is 2.95. The first-order valence-electron chi connectivity index (χ1n) is 7.07. The number of piperidine rings is 3. The summed E-state index contributed by atoms with van der Waals surface area (Å²) in [7, 11) is 0. The predicted octanol–water partition coefficient (Wildman–Crippen LogP) is 1.41. The Morgan fingerprint density at radius 1 is 1.43 bits per heavy atom. The summed E-state index contributed by atoms with van der Waals surface area (Å²) in [5, 5.41) is 13.5. The monoisotopic (exact) mass is 291 g/mol. The molecule has 21 heavy (non-hydrogen) atoms. The van der Waals surface area contributed by atoms with Crippen molar-refractivity contribution in [2.45, 2.75) is 18.9 Å². The molecule has 0 spiro atoms. The van der Waals surface area contributed by atoms with Gasteiger partial charge in [-0.2, -0.15) is 0 Å². The molecule has 112 valence electrons. The number of fused-ring (bicyclic) bond motifs is 3. The molecule has 0 radical (unpaired) electrons. The van der Waals surface area contributed by atoms with Crippen molar-refractivity contribution in [1.82, 2.24) is 10.2 Å². The number of furan rings is 1. The molecule has 7 heteroatoms. The first-order valence-corrected chi connectivity index (χ1v) is 7.07. The topological polar surface area (TPSA) is 88.6 Å². The van der Waals surface area contributed by atoms with Crippen LogP contribution in [-0.4, -0.2) is 41.4 Å². The van der Waals surface area contributed by atoms with E-state index in [1.807, 2.05) is 0 Å². The van der Waals surface area contributed by atoms with Gasteiger partial charge < -0.3 is 14.6 Å². The second kappa shape index (κ2) is 5.69. The zero-order valence-corrected chi connectivity index (χ0v) is 11.5. The second-order valence-electron chi connectivity index (χ2n) is 5.52. The van der Waals surface area contributed by atoms with Gasteiger partial charge in [0, 0.05) is 18.7 Å². The summed E-state index contributed by atoms with van der Waals surface area (Å²) in [6, 6.07) is 2.94. The maximum Gasteiger partial charge on any atom is 0.433 e. The lowest BCUT2D eigenvalue weighted by atomic mass is 9.84. The van der Waals surface area contributed by atoms with Crippen LogP contribution in [0, 0.1) is 16.0 Å². The van der Waals surface area contributed by atoms with E-state index < -0.39 is 4.92 Å². The van der Waals surface area contributed by atoms with E-state index in [1.54, 1.807) is 0 Å². The Hall–Kier alpha value is -2.15. The largest absolute Gasteiger partial charge is 0.433 e. The molecule has 1 amide bonds. The molecule has 1 atom stereocenters. The second-order valence-corrected chi connectivity index (χ2v) is 5.52. The van der Waals surface area contributed by atoms with Gasteiger partial charge in [-0.05, 0) is 44.0 Å². The van der Waals surface area contributed by atoms with Crippen LogP contribution in [0.15, 0.2) is 22.6 Å². The highest BCUT2D eigenvalue weighted by molar-refractivity contribution is 5.91. The van der Waals surface area contributed by atoms with Crippen molar-refractivity contribution in [3.05, 3.63) is 34.1 Å². The van der Waals surface area contributed by atoms with E-state index in [-0.39, 0.29) is 17.8 Å². The van der Waals surface area contributed by atoms with Crippen LogP contribution in [0.25, 0.3) is 6.08 Å². The molecule has 0 aliphatic carbocycles. The third kappa shape index (κ3) is 3.13. The third-order valence-corrected chi connectivity index (χ3v) is 4.18. The van der Waals surface area contributed by atoms with Crippen molar-refractivity contribution in [1.29, 1.82) is 0 Å². The minimum Gasteiger partial charge on any atom is -0.401 e. The predicted molar refractivity (Wildman–Crippen MR) is 75.5 cm³/mol. The Kier molecular flexibility index (Phi) is 3.74. The normalized spacial score (nSPS) is 27.9. The van der Waals surface area contributed by atoms with Gasteiger partial charge in [0.1, 0.15) is 10.7 Å². The standard InChI is InChI=1S/C14H17N3O4/c18-13(3-1-11-2-4-14(21-11)17(19)20)15-12-9-16-7-5-10(12)6-8-16/h1-4,10,12H,5-9H2,(H,15,18)/b3-1+/t12-/m0/s1. The van der Waals surface area contributed by atoms with Crippen molar-refractivity contribution in [3.8, 4) is 0 Å². The highest BCUT2D eigenvalue weighted by Gasteiger charge is 2.34. The number of hydrogen-bond donors (Lipinski definition) is 1. The van der Waals surface area contributed by atoms with Crippen LogP contribution in [-0.2, 0) is 4.79 Å². The van der Waals surface area contributed by atoms with Crippen molar-refractivity contribution in [3.63, 3.8) is 0 Å². The lowest BCUT2D eigenvalue weighted by Crippen LogP contribution is -2.57. The summed E-state index contributed by atoms with van der Waals surface area (Å²) in [6.45, 7) is 3.17. The van der Waals surface area contributed by atoms with Gasteiger partial charge >= 0.3 is 5.88 Å². The Morgan fingerprint density at radius 3 is 2.76 bits per heavy atom. The fraction of sp³-hybridized carbons (Fsp3) is 0.500. The molecule has 1 aromatic rings. The lowest BCUT2D eigenvalue weighted by molar-refractivity contribution is -0.402. The zero-order valence-electron chi connectivity index (χ0n) is 11.5. The first-order chi connectivity index (χ1) is 10.1. The van der Waals surface area contributed by atoms with Gasteiger partial charge in [-0.15, -0.1) is 0 Å². The van der Waals surface area contributed by atoms with Gasteiger partial charge in [0.25, 0.3) is 0 Å². The summed E-state index contributed by atoms with van der Waals surface area (Å²) in [5.74, 6) is 0.350. The number of rotatable bonds is 4. The summed E-state index contributed by atoms with van der Waals surface area (Å²) in [4.78, 5) is 24.2. The Labute approximate surface area is 121 Å². The van der Waals surface area contributed by atoms with Gasteiger partial charge in [0.15, 0.2) is 0 Å². The van der Waals surface area contributed by atoms with E-state index in [4.69, 9.17) is 4.42 Å². The molecule has 3 aliphatic rings. The number of hydrogen-bond acceptors (Lipinski definition) is 5. The van der Waals surface area contributed by atoms with Crippen molar-refractivity contribution in [2.24, 2.45) is 5.92 Å². The first kappa shape index (κ1) is 13.8. The van der Waals surface area contributed by atoms with E-state index in [9.17, 15) is 14.9 Å². The molecular weight excluding hydrogens is 274 g/mol. The van der Waals surface area contributed by atoms with Crippen LogP contribution in [0.3, 0.4) is 0 Å². The van der Waals surface area contributed by atoms with Crippen LogP contribution < -0.4 is 5.32 Å². The molecule has 1 N–H and O–H groups in total. The zero-order chi connectivity index (χ0) is 14.8. The Balaban J connectivity index is 1.56. The third-order valence-electron chi connectivity index (χ3n) is 4.18. The molecule has 1 aromatic heterocycles. The van der Waals surface area contributed by atoms with Crippen molar-refractivity contribution < 1.29 is 14.1 Å². The van der Waals surface area contributed by atoms with Crippen molar-refractivity contribution >= 4 is 17.9 Å². The maximum atomic E-state index is 11.9. The van der Waals surface area contributed by atoms with Crippen LogP contribution in [0.1, 0.15) is 18.6 Å². The van der Waals surface area contributed by atoms with Crippen LogP contribution >= 0.6 is 0 Å². The van der Waals surface area contributed by atoms with Crippen LogP contribution in [0.2, 0.25) is 0 Å². The van der Waals surface area contributed by atoms with Crippen LogP contribution in [0.5, 0.6) is 0 Å². The van der Waals surface area contributed by atoms with Gasteiger partial charge in [0.05, 0.1) is 6.07 Å². The number of carbonyl (C=O) groups excluding carboxylic acids is 1. The highest BCUT2D eigenvalue weighted by Crippen LogP contribution is 2.27. The number of nitrogens with zero attached hydrogens (tertiary/aromatic N) is 2. The molecular formula is C14H17N3O4.